The number of fused-ring (bicyclic) bond motifs is 1. The number of piperidine rings is 1. The molecule has 3 aromatic heterocycles. The Labute approximate surface area is 313 Å². The summed E-state index contributed by atoms with van der Waals surface area (Å²) in [6.45, 7) is 10.3. The van der Waals surface area contributed by atoms with Gasteiger partial charge in [0, 0.05) is 44.5 Å². The molecule has 0 saturated carbocycles. The number of hydrogen-bond donors (Lipinski definition) is 1. The predicted molar refractivity (Wildman–Crippen MR) is 208 cm³/mol. The molecule has 1 aliphatic heterocycles. The summed E-state index contributed by atoms with van der Waals surface area (Å²) in [6, 6.07) is 18.3. The van der Waals surface area contributed by atoms with E-state index in [2.05, 4.69) is 42.6 Å². The second kappa shape index (κ2) is 17.3. The molecule has 2 atom stereocenters. The number of aryl methyl sites for hydroxylation is 1. The van der Waals surface area contributed by atoms with Crippen LogP contribution in [0.5, 0.6) is 17.5 Å². The van der Waals surface area contributed by atoms with E-state index in [1.807, 2.05) is 61.5 Å². The molecule has 1 unspecified atom stereocenters. The molecule has 12 heteroatoms. The Morgan fingerprint density at radius 1 is 0.906 bits per heavy atom. The number of pyridine rings is 1. The normalized spacial score (nSPS) is 14.8. The van der Waals surface area contributed by atoms with Gasteiger partial charge in [0.2, 0.25) is 0 Å². The predicted octanol–water partition coefficient (Wildman–Crippen LogP) is 6.48. The molecule has 0 radical (unpaired) electrons. The van der Waals surface area contributed by atoms with Gasteiger partial charge in [0.15, 0.2) is 11.5 Å². The molecule has 282 valence electrons. The molecule has 2 aromatic carbocycles. The van der Waals surface area contributed by atoms with Crippen molar-refractivity contribution in [1.82, 2.24) is 29.5 Å². The number of ether oxygens (including phenoxy) is 3. The maximum atomic E-state index is 11.9. The third-order valence-corrected chi connectivity index (χ3v) is 9.92. The third kappa shape index (κ3) is 9.17. The molecule has 1 N–H and O–H groups in total. The van der Waals surface area contributed by atoms with E-state index in [1.165, 1.54) is 0 Å². The number of anilines is 2. The second-order valence-corrected chi connectivity index (χ2v) is 14.4. The number of nitrogens with zero attached hydrogens (tertiary/aromatic N) is 8. The fourth-order valence-electron chi connectivity index (χ4n) is 7.15. The summed E-state index contributed by atoms with van der Waals surface area (Å²) in [7, 11) is 7.60. The van der Waals surface area contributed by atoms with E-state index in [-0.39, 0.29) is 12.1 Å². The zero-order valence-electron chi connectivity index (χ0n) is 32.2. The summed E-state index contributed by atoms with van der Waals surface area (Å²) >= 11 is 0. The first kappa shape index (κ1) is 37.8. The van der Waals surface area contributed by atoms with Crippen molar-refractivity contribution in [2.45, 2.75) is 71.8 Å². The maximum absolute atomic E-state index is 11.9. The van der Waals surface area contributed by atoms with Crippen molar-refractivity contribution in [3.05, 3.63) is 94.9 Å². The van der Waals surface area contributed by atoms with Crippen LogP contribution in [0, 0.1) is 12.8 Å². The average molecular weight is 723 g/mol. The molecule has 1 aliphatic rings. The minimum Gasteiger partial charge on any atom is -0.497 e. The standard InChI is InChI=1S/C41H54N8O4/c1-8-9-29(3)53-41-44-40(48(26-30-10-14-34(51-6)15-11-30)27-31-12-16-35(52-7)17-13-31)39-43-24-36(49(39)45-41)37(50)33-22-28(2)38(42-23-33)47-20-18-32(19-21-47)25-46(4)5/h10-17,22-24,29,32,37,50H,8-9,18-21,25-27H2,1-7H3/t29-,37?/m0/s1. The molecular formula is C41H54N8O4. The molecule has 0 aliphatic carbocycles. The van der Waals surface area contributed by atoms with Gasteiger partial charge in [-0.05, 0) is 100 Å². The van der Waals surface area contributed by atoms with Crippen molar-refractivity contribution in [1.29, 1.82) is 0 Å². The quantitative estimate of drug-likeness (QED) is 0.121. The molecular weight excluding hydrogens is 669 g/mol. The summed E-state index contributed by atoms with van der Waals surface area (Å²) in [6.07, 6.45) is 6.41. The number of aromatic nitrogens is 5. The first-order chi connectivity index (χ1) is 25.6. The third-order valence-electron chi connectivity index (χ3n) is 9.92. The summed E-state index contributed by atoms with van der Waals surface area (Å²) in [5.74, 6) is 3.84. The second-order valence-electron chi connectivity index (χ2n) is 14.4. The van der Waals surface area contributed by atoms with E-state index in [1.54, 1.807) is 31.1 Å². The molecule has 1 fully saturated rings. The van der Waals surface area contributed by atoms with Gasteiger partial charge in [0.1, 0.15) is 23.4 Å². The van der Waals surface area contributed by atoms with E-state index >= 15 is 0 Å². The highest BCUT2D eigenvalue weighted by molar-refractivity contribution is 5.65. The Bertz CT molecular complexity index is 1870. The van der Waals surface area contributed by atoms with Crippen LogP contribution in [0.3, 0.4) is 0 Å². The van der Waals surface area contributed by atoms with Gasteiger partial charge in [0.25, 0.3) is 0 Å². The summed E-state index contributed by atoms with van der Waals surface area (Å²) in [4.78, 5) is 21.5. The first-order valence-electron chi connectivity index (χ1n) is 18.6. The van der Waals surface area contributed by atoms with Gasteiger partial charge >= 0.3 is 6.01 Å². The van der Waals surface area contributed by atoms with Crippen LogP contribution in [0.25, 0.3) is 5.65 Å². The lowest BCUT2D eigenvalue weighted by atomic mass is 9.96. The minimum absolute atomic E-state index is 0.105. The topological polar surface area (TPSA) is 114 Å². The van der Waals surface area contributed by atoms with Crippen LogP contribution in [0.15, 0.2) is 67.0 Å². The number of aliphatic hydroxyl groups excluding tert-OH is 1. The highest BCUT2D eigenvalue weighted by atomic mass is 16.5. The van der Waals surface area contributed by atoms with Crippen LogP contribution in [-0.4, -0.2) is 88.6 Å². The van der Waals surface area contributed by atoms with Gasteiger partial charge in [-0.1, -0.05) is 37.6 Å². The van der Waals surface area contributed by atoms with E-state index in [0.29, 0.717) is 41.7 Å². The van der Waals surface area contributed by atoms with Gasteiger partial charge < -0.3 is 34.0 Å². The number of hydrogen-bond acceptors (Lipinski definition) is 11. The molecule has 53 heavy (non-hydrogen) atoms. The van der Waals surface area contributed by atoms with Crippen molar-refractivity contribution in [3.8, 4) is 17.5 Å². The SMILES string of the molecule is CCC[C@H](C)Oc1nc(N(Cc2ccc(OC)cc2)Cc2ccc(OC)cc2)c2ncc(C(O)c3cnc(N4CCC(CN(C)C)CC4)c(C)c3)n2n1. The molecule has 4 heterocycles. The number of imidazole rings is 1. The monoisotopic (exact) mass is 722 g/mol. The van der Waals surface area contributed by atoms with Crippen LogP contribution in [0.2, 0.25) is 0 Å². The van der Waals surface area contributed by atoms with E-state index < -0.39 is 6.10 Å². The molecule has 0 bridgehead atoms. The van der Waals surface area contributed by atoms with Crippen LogP contribution >= 0.6 is 0 Å². The zero-order valence-corrected chi connectivity index (χ0v) is 32.2. The minimum atomic E-state index is -1.03. The van der Waals surface area contributed by atoms with Crippen molar-refractivity contribution in [3.63, 3.8) is 0 Å². The molecule has 0 spiro atoms. The van der Waals surface area contributed by atoms with Crippen LogP contribution in [-0.2, 0) is 13.1 Å². The van der Waals surface area contributed by atoms with E-state index in [0.717, 1.165) is 79.3 Å². The smallest absolute Gasteiger partial charge is 0.336 e. The van der Waals surface area contributed by atoms with Crippen LogP contribution in [0.1, 0.15) is 73.6 Å². The molecule has 1 saturated heterocycles. The fourth-order valence-corrected chi connectivity index (χ4v) is 7.15. The van der Waals surface area contributed by atoms with E-state index in [4.69, 9.17) is 34.3 Å². The molecule has 5 aromatic rings. The van der Waals surface area contributed by atoms with Gasteiger partial charge in [-0.2, -0.15) is 4.98 Å². The molecule has 12 nitrogen and oxygen atoms in total. The number of benzene rings is 2. The highest BCUT2D eigenvalue weighted by Gasteiger charge is 2.26. The lowest BCUT2D eigenvalue weighted by Gasteiger charge is -2.34. The van der Waals surface area contributed by atoms with Crippen LogP contribution in [0.4, 0.5) is 11.6 Å². The van der Waals surface area contributed by atoms with Crippen LogP contribution < -0.4 is 24.0 Å². The van der Waals surface area contributed by atoms with E-state index in [9.17, 15) is 5.11 Å². The summed E-state index contributed by atoms with van der Waals surface area (Å²) in [5.41, 5.74) is 4.84. The Balaban J connectivity index is 1.36. The van der Waals surface area contributed by atoms with Gasteiger partial charge in [0.05, 0.1) is 32.2 Å². The van der Waals surface area contributed by atoms with Gasteiger partial charge in [-0.3, -0.25) is 0 Å². The summed E-state index contributed by atoms with van der Waals surface area (Å²) < 4.78 is 18.8. The summed E-state index contributed by atoms with van der Waals surface area (Å²) in [5, 5.41) is 16.7. The van der Waals surface area contributed by atoms with Crippen molar-refractivity contribution in [2.75, 3.05) is 57.7 Å². The molecule has 0 amide bonds. The Morgan fingerprint density at radius 3 is 2.08 bits per heavy atom. The van der Waals surface area contributed by atoms with Crippen molar-refractivity contribution < 1.29 is 19.3 Å². The fraction of sp³-hybridized carbons (Fsp3) is 0.463. The maximum Gasteiger partial charge on any atom is 0.336 e. The number of rotatable bonds is 16. The Hall–Kier alpha value is -4.94. The number of aliphatic hydroxyl groups is 1. The highest BCUT2D eigenvalue weighted by Crippen LogP contribution is 2.32. The molecule has 6 rings (SSSR count). The lowest BCUT2D eigenvalue weighted by molar-refractivity contribution is 0.186. The Kier molecular flexibility index (Phi) is 12.3. The Morgan fingerprint density at radius 2 is 1.53 bits per heavy atom. The average Bonchev–Trinajstić information content (AvgIpc) is 3.58. The van der Waals surface area contributed by atoms with Gasteiger partial charge in [-0.25, -0.2) is 14.5 Å². The lowest BCUT2D eigenvalue weighted by Crippen LogP contribution is -2.37. The van der Waals surface area contributed by atoms with Crippen molar-refractivity contribution >= 4 is 17.3 Å². The zero-order chi connectivity index (χ0) is 37.5. The van der Waals surface area contributed by atoms with Gasteiger partial charge in [-0.15, -0.1) is 5.10 Å². The first-order valence-corrected chi connectivity index (χ1v) is 18.6. The largest absolute Gasteiger partial charge is 0.497 e. The number of methoxy groups -OCH3 is 2. The van der Waals surface area contributed by atoms with Crippen molar-refractivity contribution in [2.24, 2.45) is 5.92 Å².